The van der Waals surface area contributed by atoms with Gasteiger partial charge in [-0.25, -0.2) is 0 Å². The SMILES string of the molecule is Cc1ccc(C)c(NC(=O)Cc2ccc(C(C)C)cc2)c1. The fourth-order valence-corrected chi connectivity index (χ4v) is 2.27. The van der Waals surface area contributed by atoms with Gasteiger partial charge in [-0.2, -0.15) is 0 Å². The molecule has 0 aliphatic rings. The average Bonchev–Trinajstić information content (AvgIpc) is 2.43. The number of nitrogens with one attached hydrogen (secondary N) is 1. The Morgan fingerprint density at radius 3 is 2.33 bits per heavy atom. The van der Waals surface area contributed by atoms with Crippen LogP contribution in [-0.2, 0) is 11.2 Å². The highest BCUT2D eigenvalue weighted by atomic mass is 16.1. The maximum Gasteiger partial charge on any atom is 0.228 e. The molecular weight excluding hydrogens is 258 g/mol. The first-order valence-electron chi connectivity index (χ1n) is 7.41. The van der Waals surface area contributed by atoms with Crippen LogP contribution in [0.1, 0.15) is 42.0 Å². The van der Waals surface area contributed by atoms with E-state index < -0.39 is 0 Å². The van der Waals surface area contributed by atoms with Crippen molar-refractivity contribution in [1.29, 1.82) is 0 Å². The number of rotatable bonds is 4. The molecule has 0 saturated heterocycles. The first-order valence-corrected chi connectivity index (χ1v) is 7.41. The highest BCUT2D eigenvalue weighted by molar-refractivity contribution is 5.93. The van der Waals surface area contributed by atoms with Gasteiger partial charge in [0.2, 0.25) is 5.91 Å². The molecule has 2 aromatic carbocycles. The number of carbonyl (C=O) groups is 1. The fraction of sp³-hybridized carbons (Fsp3) is 0.316. The monoisotopic (exact) mass is 281 g/mol. The third kappa shape index (κ3) is 4.19. The largest absolute Gasteiger partial charge is 0.326 e. The molecule has 1 amide bonds. The van der Waals surface area contributed by atoms with Crippen molar-refractivity contribution in [3.63, 3.8) is 0 Å². The van der Waals surface area contributed by atoms with Crippen LogP contribution in [0.2, 0.25) is 0 Å². The van der Waals surface area contributed by atoms with Gasteiger partial charge in [-0.15, -0.1) is 0 Å². The minimum Gasteiger partial charge on any atom is -0.326 e. The van der Waals surface area contributed by atoms with Gasteiger partial charge in [0.1, 0.15) is 0 Å². The van der Waals surface area contributed by atoms with E-state index in [0.29, 0.717) is 12.3 Å². The molecule has 0 fully saturated rings. The first kappa shape index (κ1) is 15.3. The third-order valence-electron chi connectivity index (χ3n) is 3.68. The zero-order chi connectivity index (χ0) is 15.4. The Morgan fingerprint density at radius 2 is 1.71 bits per heavy atom. The molecule has 0 radical (unpaired) electrons. The van der Waals surface area contributed by atoms with Crippen molar-refractivity contribution in [2.75, 3.05) is 5.32 Å². The summed E-state index contributed by atoms with van der Waals surface area (Å²) in [5, 5.41) is 3.00. The molecule has 0 atom stereocenters. The Bertz CT molecular complexity index is 627. The molecule has 2 rings (SSSR count). The molecule has 2 heteroatoms. The number of anilines is 1. The molecule has 2 nitrogen and oxygen atoms in total. The van der Waals surface area contributed by atoms with Crippen LogP contribution in [0.15, 0.2) is 42.5 Å². The average molecular weight is 281 g/mol. The fourth-order valence-electron chi connectivity index (χ4n) is 2.27. The van der Waals surface area contributed by atoms with Crippen LogP contribution in [0, 0.1) is 13.8 Å². The summed E-state index contributed by atoms with van der Waals surface area (Å²) in [6.07, 6.45) is 0.408. The highest BCUT2D eigenvalue weighted by Crippen LogP contribution is 2.18. The molecule has 0 heterocycles. The summed E-state index contributed by atoms with van der Waals surface area (Å²) in [5.41, 5.74) is 5.48. The molecule has 0 spiro atoms. The second-order valence-electron chi connectivity index (χ2n) is 5.94. The third-order valence-corrected chi connectivity index (χ3v) is 3.68. The Labute approximate surface area is 127 Å². The Kier molecular flexibility index (Phi) is 4.79. The van der Waals surface area contributed by atoms with Crippen molar-refractivity contribution < 1.29 is 4.79 Å². The zero-order valence-corrected chi connectivity index (χ0v) is 13.2. The van der Waals surface area contributed by atoms with Crippen molar-refractivity contribution in [2.45, 2.75) is 40.0 Å². The Balaban J connectivity index is 2.03. The Morgan fingerprint density at radius 1 is 1.05 bits per heavy atom. The van der Waals surface area contributed by atoms with Gasteiger partial charge >= 0.3 is 0 Å². The van der Waals surface area contributed by atoms with E-state index in [-0.39, 0.29) is 5.91 Å². The molecule has 0 bridgehead atoms. The molecule has 0 unspecified atom stereocenters. The smallest absolute Gasteiger partial charge is 0.228 e. The predicted octanol–water partition coefficient (Wildman–Crippen LogP) is 4.61. The lowest BCUT2D eigenvalue weighted by molar-refractivity contribution is -0.115. The van der Waals surface area contributed by atoms with E-state index in [9.17, 15) is 4.79 Å². The number of hydrogen-bond acceptors (Lipinski definition) is 1. The molecule has 0 aliphatic carbocycles. The first-order chi connectivity index (χ1) is 9.95. The van der Waals surface area contributed by atoms with E-state index in [2.05, 4.69) is 37.4 Å². The van der Waals surface area contributed by atoms with E-state index in [1.54, 1.807) is 0 Å². The summed E-state index contributed by atoms with van der Waals surface area (Å²) < 4.78 is 0. The van der Waals surface area contributed by atoms with Crippen molar-refractivity contribution in [1.82, 2.24) is 0 Å². The van der Waals surface area contributed by atoms with Crippen molar-refractivity contribution in [3.05, 3.63) is 64.7 Å². The minimum absolute atomic E-state index is 0.0287. The predicted molar refractivity (Wildman–Crippen MR) is 88.8 cm³/mol. The van der Waals surface area contributed by atoms with Crippen LogP contribution < -0.4 is 5.32 Å². The quantitative estimate of drug-likeness (QED) is 0.871. The number of aryl methyl sites for hydroxylation is 2. The standard InChI is InChI=1S/C19H23NO/c1-13(2)17-9-7-16(8-10-17)12-19(21)20-18-11-14(3)5-6-15(18)4/h5-11,13H,12H2,1-4H3,(H,20,21). The van der Waals surface area contributed by atoms with Gasteiger partial charge in [-0.05, 0) is 48.1 Å². The second kappa shape index (κ2) is 6.57. The molecule has 0 saturated carbocycles. The zero-order valence-electron chi connectivity index (χ0n) is 13.2. The maximum atomic E-state index is 12.2. The van der Waals surface area contributed by atoms with Crippen molar-refractivity contribution >= 4 is 11.6 Å². The number of hydrogen-bond donors (Lipinski definition) is 1. The van der Waals surface area contributed by atoms with E-state index in [4.69, 9.17) is 0 Å². The molecule has 1 N–H and O–H groups in total. The number of benzene rings is 2. The summed E-state index contributed by atoms with van der Waals surface area (Å²) in [4.78, 5) is 12.2. The second-order valence-corrected chi connectivity index (χ2v) is 5.94. The molecule has 2 aromatic rings. The highest BCUT2D eigenvalue weighted by Gasteiger charge is 2.07. The van der Waals surface area contributed by atoms with Gasteiger partial charge in [0.05, 0.1) is 6.42 Å². The number of carbonyl (C=O) groups excluding carboxylic acids is 1. The lowest BCUT2D eigenvalue weighted by Gasteiger charge is -2.10. The van der Waals surface area contributed by atoms with Gasteiger partial charge in [0.15, 0.2) is 0 Å². The van der Waals surface area contributed by atoms with Gasteiger partial charge in [0.25, 0.3) is 0 Å². The Hall–Kier alpha value is -2.09. The molecule has 0 aromatic heterocycles. The van der Waals surface area contributed by atoms with E-state index in [0.717, 1.165) is 22.4 Å². The van der Waals surface area contributed by atoms with E-state index in [1.807, 2.05) is 38.1 Å². The van der Waals surface area contributed by atoms with Gasteiger partial charge < -0.3 is 5.32 Å². The molecule has 21 heavy (non-hydrogen) atoms. The minimum atomic E-state index is 0.0287. The van der Waals surface area contributed by atoms with Crippen LogP contribution in [0.25, 0.3) is 0 Å². The van der Waals surface area contributed by atoms with Crippen LogP contribution in [0.5, 0.6) is 0 Å². The van der Waals surface area contributed by atoms with E-state index in [1.165, 1.54) is 5.56 Å². The lowest BCUT2D eigenvalue weighted by Crippen LogP contribution is -2.15. The normalized spacial score (nSPS) is 10.7. The summed E-state index contributed by atoms with van der Waals surface area (Å²) >= 11 is 0. The van der Waals surface area contributed by atoms with Crippen molar-refractivity contribution in [2.24, 2.45) is 0 Å². The summed E-state index contributed by atoms with van der Waals surface area (Å²) in [6, 6.07) is 14.4. The molecule has 110 valence electrons. The summed E-state index contributed by atoms with van der Waals surface area (Å²) in [6.45, 7) is 8.37. The van der Waals surface area contributed by atoms with Gasteiger partial charge in [0, 0.05) is 5.69 Å². The topological polar surface area (TPSA) is 29.1 Å². The van der Waals surface area contributed by atoms with Crippen LogP contribution in [0.3, 0.4) is 0 Å². The molecule has 0 aliphatic heterocycles. The van der Waals surface area contributed by atoms with Crippen LogP contribution in [-0.4, -0.2) is 5.91 Å². The van der Waals surface area contributed by atoms with Gasteiger partial charge in [-0.1, -0.05) is 50.2 Å². The summed E-state index contributed by atoms with van der Waals surface area (Å²) in [5.74, 6) is 0.545. The van der Waals surface area contributed by atoms with Crippen LogP contribution >= 0.6 is 0 Å². The maximum absolute atomic E-state index is 12.2. The van der Waals surface area contributed by atoms with Crippen molar-refractivity contribution in [3.8, 4) is 0 Å². The van der Waals surface area contributed by atoms with E-state index >= 15 is 0 Å². The van der Waals surface area contributed by atoms with Crippen LogP contribution in [0.4, 0.5) is 5.69 Å². The molecular formula is C19H23NO. The van der Waals surface area contributed by atoms with Gasteiger partial charge in [-0.3, -0.25) is 4.79 Å². The lowest BCUT2D eigenvalue weighted by atomic mass is 10.0. The summed E-state index contributed by atoms with van der Waals surface area (Å²) in [7, 11) is 0. The number of amides is 1.